The average Bonchev–Trinajstić information content (AvgIpc) is 2.32. The van der Waals surface area contributed by atoms with Gasteiger partial charge in [-0.15, -0.1) is 0 Å². The van der Waals surface area contributed by atoms with E-state index in [0.717, 1.165) is 12.8 Å². The Morgan fingerprint density at radius 1 is 1.33 bits per heavy atom. The maximum absolute atomic E-state index is 5.87. The maximum atomic E-state index is 5.87. The smallest absolute Gasteiger partial charge is 0.193 e. The third kappa shape index (κ3) is 2.55. The standard InChI is InChI=1S/C15H21N3/c1-4-6-12-9-14(18-15(16)17-12)13-8-5-7-10(2)11(13)3/h5,7-9,14H,4,6H2,1-3H3,(H3,16,17,18). The lowest BCUT2D eigenvalue weighted by Crippen LogP contribution is -2.34. The van der Waals surface area contributed by atoms with Crippen molar-refractivity contribution in [1.29, 1.82) is 0 Å². The van der Waals surface area contributed by atoms with Crippen molar-refractivity contribution in [3.8, 4) is 0 Å². The van der Waals surface area contributed by atoms with E-state index in [1.165, 1.54) is 22.4 Å². The van der Waals surface area contributed by atoms with Crippen molar-refractivity contribution in [3.05, 3.63) is 46.7 Å². The number of hydrogen-bond donors (Lipinski definition) is 2. The van der Waals surface area contributed by atoms with Gasteiger partial charge < -0.3 is 11.1 Å². The molecule has 0 spiro atoms. The predicted molar refractivity (Wildman–Crippen MR) is 76.4 cm³/mol. The molecule has 18 heavy (non-hydrogen) atoms. The number of allylic oxidation sites excluding steroid dienone is 1. The molecule has 0 amide bonds. The second-order valence-electron chi connectivity index (χ2n) is 4.82. The molecule has 1 aliphatic rings. The van der Waals surface area contributed by atoms with Crippen LogP contribution in [0.5, 0.6) is 0 Å². The molecular weight excluding hydrogens is 222 g/mol. The van der Waals surface area contributed by atoms with Crippen LogP contribution in [0, 0.1) is 13.8 Å². The molecule has 3 heteroatoms. The SMILES string of the molecule is CCCC1=CC(c2cccc(C)c2C)N=C(N)N1. The molecule has 1 aromatic rings. The number of nitrogens with zero attached hydrogens (tertiary/aromatic N) is 1. The predicted octanol–water partition coefficient (Wildman–Crippen LogP) is 2.95. The minimum atomic E-state index is 0.0488. The van der Waals surface area contributed by atoms with Gasteiger partial charge in [-0.3, -0.25) is 0 Å². The Morgan fingerprint density at radius 3 is 2.83 bits per heavy atom. The fourth-order valence-corrected chi connectivity index (χ4v) is 2.28. The highest BCUT2D eigenvalue weighted by Crippen LogP contribution is 2.27. The van der Waals surface area contributed by atoms with Crippen LogP contribution in [0.2, 0.25) is 0 Å². The highest BCUT2D eigenvalue weighted by Gasteiger charge is 2.16. The van der Waals surface area contributed by atoms with Crippen LogP contribution in [0.15, 0.2) is 35.0 Å². The quantitative estimate of drug-likeness (QED) is 0.857. The Bertz CT molecular complexity index is 500. The normalized spacial score (nSPS) is 18.9. The van der Waals surface area contributed by atoms with Gasteiger partial charge in [-0.25, -0.2) is 4.99 Å². The van der Waals surface area contributed by atoms with Gasteiger partial charge in [-0.05, 0) is 43.0 Å². The van der Waals surface area contributed by atoms with Crippen LogP contribution in [-0.4, -0.2) is 5.96 Å². The highest BCUT2D eigenvalue weighted by molar-refractivity contribution is 5.81. The third-order valence-corrected chi connectivity index (χ3v) is 3.41. The summed E-state index contributed by atoms with van der Waals surface area (Å²) >= 11 is 0. The van der Waals surface area contributed by atoms with E-state index in [4.69, 9.17) is 5.73 Å². The summed E-state index contributed by atoms with van der Waals surface area (Å²) in [7, 11) is 0. The molecule has 0 bridgehead atoms. The Kier molecular flexibility index (Phi) is 3.70. The van der Waals surface area contributed by atoms with Crippen molar-refractivity contribution >= 4 is 5.96 Å². The largest absolute Gasteiger partial charge is 0.370 e. The Morgan fingerprint density at radius 2 is 2.11 bits per heavy atom. The summed E-state index contributed by atoms with van der Waals surface area (Å²) in [6.07, 6.45) is 4.30. The number of rotatable bonds is 3. The summed E-state index contributed by atoms with van der Waals surface area (Å²) in [6, 6.07) is 6.39. The van der Waals surface area contributed by atoms with Crippen LogP contribution in [0.1, 0.15) is 42.5 Å². The molecule has 1 atom stereocenters. The van der Waals surface area contributed by atoms with Gasteiger partial charge in [0.25, 0.3) is 0 Å². The summed E-state index contributed by atoms with van der Waals surface area (Å²) in [5, 5.41) is 3.14. The number of aryl methyl sites for hydroxylation is 1. The van der Waals surface area contributed by atoms with Gasteiger partial charge in [0, 0.05) is 5.70 Å². The molecule has 1 unspecified atom stereocenters. The van der Waals surface area contributed by atoms with Crippen LogP contribution < -0.4 is 11.1 Å². The van der Waals surface area contributed by atoms with Crippen LogP contribution in [0.25, 0.3) is 0 Å². The lowest BCUT2D eigenvalue weighted by atomic mass is 9.96. The molecule has 1 heterocycles. The topological polar surface area (TPSA) is 50.4 Å². The van der Waals surface area contributed by atoms with E-state index in [1.807, 2.05) is 0 Å². The second kappa shape index (κ2) is 5.25. The maximum Gasteiger partial charge on any atom is 0.193 e. The van der Waals surface area contributed by atoms with Crippen molar-refractivity contribution < 1.29 is 0 Å². The lowest BCUT2D eigenvalue weighted by molar-refractivity contribution is 0.772. The number of hydrogen-bond acceptors (Lipinski definition) is 3. The Hall–Kier alpha value is -1.77. The lowest BCUT2D eigenvalue weighted by Gasteiger charge is -2.22. The summed E-state index contributed by atoms with van der Waals surface area (Å²) in [5.74, 6) is 0.520. The monoisotopic (exact) mass is 243 g/mol. The van der Waals surface area contributed by atoms with E-state index in [9.17, 15) is 0 Å². The van der Waals surface area contributed by atoms with E-state index in [0.29, 0.717) is 5.96 Å². The molecular formula is C15H21N3. The molecule has 1 aromatic carbocycles. The molecule has 0 saturated heterocycles. The third-order valence-electron chi connectivity index (χ3n) is 3.41. The van der Waals surface area contributed by atoms with E-state index >= 15 is 0 Å². The number of aliphatic imine (C=N–C) groups is 1. The van der Waals surface area contributed by atoms with E-state index in [2.05, 4.69) is 55.4 Å². The zero-order valence-corrected chi connectivity index (χ0v) is 11.3. The van der Waals surface area contributed by atoms with Crippen molar-refractivity contribution in [2.24, 2.45) is 10.7 Å². The first-order valence-corrected chi connectivity index (χ1v) is 6.49. The first kappa shape index (κ1) is 12.7. The summed E-state index contributed by atoms with van der Waals surface area (Å²) in [5.41, 5.74) is 10.9. The molecule has 1 aliphatic heterocycles. The minimum Gasteiger partial charge on any atom is -0.370 e. The van der Waals surface area contributed by atoms with Gasteiger partial charge >= 0.3 is 0 Å². The molecule has 0 aromatic heterocycles. The summed E-state index contributed by atoms with van der Waals surface area (Å²) in [4.78, 5) is 4.49. The minimum absolute atomic E-state index is 0.0488. The molecule has 3 nitrogen and oxygen atoms in total. The van der Waals surface area contributed by atoms with Gasteiger partial charge in [-0.1, -0.05) is 31.5 Å². The van der Waals surface area contributed by atoms with Crippen LogP contribution in [-0.2, 0) is 0 Å². The van der Waals surface area contributed by atoms with Gasteiger partial charge in [0.05, 0.1) is 6.04 Å². The van der Waals surface area contributed by atoms with Crippen LogP contribution in [0.4, 0.5) is 0 Å². The van der Waals surface area contributed by atoms with E-state index in [1.54, 1.807) is 0 Å². The molecule has 96 valence electrons. The van der Waals surface area contributed by atoms with E-state index in [-0.39, 0.29) is 6.04 Å². The molecule has 0 aliphatic carbocycles. The summed E-state index contributed by atoms with van der Waals surface area (Å²) in [6.45, 7) is 6.44. The van der Waals surface area contributed by atoms with Crippen LogP contribution >= 0.6 is 0 Å². The second-order valence-corrected chi connectivity index (χ2v) is 4.82. The summed E-state index contributed by atoms with van der Waals surface area (Å²) < 4.78 is 0. The molecule has 0 fully saturated rings. The fourth-order valence-electron chi connectivity index (χ4n) is 2.28. The molecule has 0 saturated carbocycles. The number of nitrogens with one attached hydrogen (secondary N) is 1. The van der Waals surface area contributed by atoms with Crippen molar-refractivity contribution in [2.45, 2.75) is 39.7 Å². The van der Waals surface area contributed by atoms with E-state index < -0.39 is 0 Å². The number of benzene rings is 1. The zero-order chi connectivity index (χ0) is 13.1. The van der Waals surface area contributed by atoms with Gasteiger partial charge in [-0.2, -0.15) is 0 Å². The first-order valence-electron chi connectivity index (χ1n) is 6.49. The van der Waals surface area contributed by atoms with Crippen molar-refractivity contribution in [2.75, 3.05) is 0 Å². The zero-order valence-electron chi connectivity index (χ0n) is 11.3. The molecule has 0 radical (unpaired) electrons. The van der Waals surface area contributed by atoms with Gasteiger partial charge in [0.2, 0.25) is 0 Å². The first-order chi connectivity index (χ1) is 8.61. The van der Waals surface area contributed by atoms with Gasteiger partial charge in [0.15, 0.2) is 5.96 Å². The molecule has 3 N–H and O–H groups in total. The van der Waals surface area contributed by atoms with Crippen LogP contribution in [0.3, 0.4) is 0 Å². The Labute approximate surface area is 109 Å². The molecule has 2 rings (SSSR count). The number of guanidine groups is 1. The fraction of sp³-hybridized carbons (Fsp3) is 0.400. The van der Waals surface area contributed by atoms with Gasteiger partial charge in [0.1, 0.15) is 0 Å². The highest BCUT2D eigenvalue weighted by atomic mass is 15.1. The Balaban J connectivity index is 2.36. The average molecular weight is 243 g/mol. The number of nitrogens with two attached hydrogens (primary N) is 1. The van der Waals surface area contributed by atoms with Crippen molar-refractivity contribution in [3.63, 3.8) is 0 Å². The van der Waals surface area contributed by atoms with Crippen molar-refractivity contribution in [1.82, 2.24) is 5.32 Å².